The first-order chi connectivity index (χ1) is 16.8. The minimum atomic E-state index is -3.95. The summed E-state index contributed by atoms with van der Waals surface area (Å²) in [6, 6.07) is 14.6. The van der Waals surface area contributed by atoms with Crippen LogP contribution in [0.1, 0.15) is 0 Å². The van der Waals surface area contributed by atoms with E-state index in [2.05, 4.69) is 24.4 Å². The number of nitrogens with one attached hydrogen (secondary N) is 1. The number of rotatable bonds is 6. The molecule has 5 rings (SSSR count). The standard InChI is InChI=1S/C24H16F2N4O4S/c1-33-22-11-14(16-8-17(25)12-18(26)9-16)2-4-21(22)23-20-5-3-19(10-15(20)6-7-27-23)35(31,32)30-24-28-13-34-29-24/h2-13H,1H3,(H,29,30). The molecule has 0 saturated carbocycles. The van der Waals surface area contributed by atoms with Crippen molar-refractivity contribution < 1.29 is 26.5 Å². The molecule has 0 aliphatic rings. The monoisotopic (exact) mass is 494 g/mol. The Kier molecular flexibility index (Phi) is 5.61. The van der Waals surface area contributed by atoms with Crippen molar-refractivity contribution in [2.45, 2.75) is 4.90 Å². The number of hydrogen-bond acceptors (Lipinski definition) is 7. The highest BCUT2D eigenvalue weighted by Crippen LogP contribution is 2.37. The Hall–Kier alpha value is -4.38. The predicted octanol–water partition coefficient (Wildman–Crippen LogP) is 5.04. The van der Waals surface area contributed by atoms with E-state index in [1.165, 1.54) is 31.4 Å². The lowest BCUT2D eigenvalue weighted by Crippen LogP contribution is -2.13. The molecule has 8 nitrogen and oxygen atoms in total. The number of anilines is 1. The first-order valence-corrected chi connectivity index (χ1v) is 11.7. The van der Waals surface area contributed by atoms with E-state index in [-0.39, 0.29) is 10.8 Å². The molecule has 3 aromatic carbocycles. The van der Waals surface area contributed by atoms with Crippen LogP contribution in [0.25, 0.3) is 33.2 Å². The molecule has 0 aliphatic heterocycles. The van der Waals surface area contributed by atoms with Gasteiger partial charge in [0.25, 0.3) is 16.0 Å². The third-order valence-electron chi connectivity index (χ3n) is 5.29. The van der Waals surface area contributed by atoms with Gasteiger partial charge in [-0.3, -0.25) is 4.98 Å². The lowest BCUT2D eigenvalue weighted by molar-refractivity contribution is 0.416. The fourth-order valence-corrected chi connectivity index (χ4v) is 4.70. The summed E-state index contributed by atoms with van der Waals surface area (Å²) >= 11 is 0. The molecule has 0 spiro atoms. The van der Waals surface area contributed by atoms with Gasteiger partial charge in [-0.25, -0.2) is 21.9 Å². The number of fused-ring (bicyclic) bond motifs is 1. The summed E-state index contributed by atoms with van der Waals surface area (Å²) < 4.78 is 65.1. The van der Waals surface area contributed by atoms with Crippen molar-refractivity contribution in [2.24, 2.45) is 0 Å². The molecule has 0 amide bonds. The van der Waals surface area contributed by atoms with Crippen molar-refractivity contribution in [1.29, 1.82) is 0 Å². The quantitative estimate of drug-likeness (QED) is 0.352. The minimum Gasteiger partial charge on any atom is -0.496 e. The van der Waals surface area contributed by atoms with Crippen LogP contribution in [0, 0.1) is 11.6 Å². The first-order valence-electron chi connectivity index (χ1n) is 10.2. The molecule has 0 atom stereocenters. The molecular formula is C24H16F2N4O4S. The number of pyridine rings is 1. The summed E-state index contributed by atoms with van der Waals surface area (Å²) in [6.45, 7) is 0. The molecule has 0 unspecified atom stereocenters. The molecule has 2 heterocycles. The molecule has 1 N–H and O–H groups in total. The number of halogens is 2. The fraction of sp³-hybridized carbons (Fsp3) is 0.0417. The third-order valence-corrected chi connectivity index (χ3v) is 6.61. The Labute approximate surface area is 198 Å². The molecule has 2 aromatic heterocycles. The summed E-state index contributed by atoms with van der Waals surface area (Å²) in [4.78, 5) is 8.14. The lowest BCUT2D eigenvalue weighted by atomic mass is 9.99. The Morgan fingerprint density at radius 1 is 0.914 bits per heavy atom. The largest absolute Gasteiger partial charge is 0.496 e. The molecule has 5 aromatic rings. The first kappa shape index (κ1) is 22.4. The Balaban J connectivity index is 1.57. The molecular weight excluding hydrogens is 478 g/mol. The van der Waals surface area contributed by atoms with Crippen molar-refractivity contribution in [3.63, 3.8) is 0 Å². The van der Waals surface area contributed by atoms with Crippen LogP contribution >= 0.6 is 0 Å². The van der Waals surface area contributed by atoms with Gasteiger partial charge in [-0.05, 0) is 64.1 Å². The van der Waals surface area contributed by atoms with Crippen molar-refractivity contribution >= 4 is 26.7 Å². The molecule has 35 heavy (non-hydrogen) atoms. The van der Waals surface area contributed by atoms with E-state index in [0.717, 1.165) is 12.5 Å². The molecule has 0 saturated heterocycles. The molecule has 0 fully saturated rings. The summed E-state index contributed by atoms with van der Waals surface area (Å²) in [7, 11) is -2.47. The van der Waals surface area contributed by atoms with Gasteiger partial charge in [-0.2, -0.15) is 4.98 Å². The van der Waals surface area contributed by atoms with Crippen LogP contribution in [0.5, 0.6) is 5.75 Å². The van der Waals surface area contributed by atoms with Crippen LogP contribution < -0.4 is 9.46 Å². The smallest absolute Gasteiger partial charge is 0.277 e. The zero-order valence-electron chi connectivity index (χ0n) is 18.1. The van der Waals surface area contributed by atoms with E-state index in [0.29, 0.717) is 38.9 Å². The van der Waals surface area contributed by atoms with Gasteiger partial charge in [0.05, 0.1) is 17.7 Å². The van der Waals surface area contributed by atoms with E-state index in [1.807, 2.05) is 0 Å². The van der Waals surface area contributed by atoms with E-state index in [4.69, 9.17) is 4.74 Å². The molecule has 0 aliphatic carbocycles. The molecule has 176 valence electrons. The van der Waals surface area contributed by atoms with Gasteiger partial charge >= 0.3 is 0 Å². The van der Waals surface area contributed by atoms with Crippen molar-refractivity contribution in [3.05, 3.63) is 84.9 Å². The Morgan fingerprint density at radius 2 is 1.71 bits per heavy atom. The van der Waals surface area contributed by atoms with Gasteiger partial charge in [0.1, 0.15) is 17.4 Å². The van der Waals surface area contributed by atoms with E-state index in [1.54, 1.807) is 36.5 Å². The van der Waals surface area contributed by atoms with Crippen LogP contribution in [0.3, 0.4) is 0 Å². The van der Waals surface area contributed by atoms with Crippen LogP contribution in [-0.4, -0.2) is 30.7 Å². The highest BCUT2D eigenvalue weighted by molar-refractivity contribution is 7.92. The maximum Gasteiger partial charge on any atom is 0.277 e. The SMILES string of the molecule is COc1cc(-c2cc(F)cc(F)c2)ccc1-c1nccc2cc(S(=O)(=O)Nc3ncon3)ccc12. The van der Waals surface area contributed by atoms with Gasteiger partial charge in [-0.1, -0.05) is 12.1 Å². The summed E-state index contributed by atoms with van der Waals surface area (Å²) in [5.74, 6) is -1.11. The Bertz CT molecular complexity index is 1640. The molecule has 0 radical (unpaired) electrons. The summed E-state index contributed by atoms with van der Waals surface area (Å²) in [6.07, 6.45) is 2.57. The zero-order chi connectivity index (χ0) is 24.6. The van der Waals surface area contributed by atoms with Gasteiger partial charge in [0.15, 0.2) is 0 Å². The van der Waals surface area contributed by atoms with Crippen molar-refractivity contribution in [2.75, 3.05) is 11.8 Å². The zero-order valence-corrected chi connectivity index (χ0v) is 18.9. The van der Waals surface area contributed by atoms with E-state index in [9.17, 15) is 17.2 Å². The van der Waals surface area contributed by atoms with Gasteiger partial charge in [0, 0.05) is 23.2 Å². The van der Waals surface area contributed by atoms with Crippen molar-refractivity contribution in [1.82, 2.24) is 15.1 Å². The number of aromatic nitrogens is 3. The average molecular weight is 494 g/mol. The second kappa shape index (κ2) is 8.76. The second-order valence-corrected chi connectivity index (χ2v) is 9.16. The minimum absolute atomic E-state index is 0.00222. The van der Waals surface area contributed by atoms with E-state index >= 15 is 0 Å². The molecule has 0 bridgehead atoms. The topological polar surface area (TPSA) is 107 Å². The normalized spacial score (nSPS) is 11.5. The average Bonchev–Trinajstić information content (AvgIpc) is 3.34. The highest BCUT2D eigenvalue weighted by Gasteiger charge is 2.19. The van der Waals surface area contributed by atoms with Gasteiger partial charge in [0.2, 0.25) is 6.39 Å². The van der Waals surface area contributed by atoms with Crippen LogP contribution in [0.2, 0.25) is 0 Å². The van der Waals surface area contributed by atoms with Crippen LogP contribution in [0.15, 0.2) is 82.7 Å². The number of hydrogen-bond donors (Lipinski definition) is 1. The van der Waals surface area contributed by atoms with Gasteiger partial charge < -0.3 is 9.26 Å². The Morgan fingerprint density at radius 3 is 2.43 bits per heavy atom. The maximum atomic E-state index is 13.7. The number of ether oxygens (including phenoxy) is 1. The third kappa shape index (κ3) is 4.41. The van der Waals surface area contributed by atoms with Crippen LogP contribution in [-0.2, 0) is 10.0 Å². The number of sulfonamides is 1. The van der Waals surface area contributed by atoms with Crippen LogP contribution in [0.4, 0.5) is 14.7 Å². The summed E-state index contributed by atoms with van der Waals surface area (Å²) in [5.41, 5.74) is 2.10. The summed E-state index contributed by atoms with van der Waals surface area (Å²) in [5, 5.41) is 4.75. The molecule has 11 heteroatoms. The number of benzene rings is 3. The second-order valence-electron chi connectivity index (χ2n) is 7.48. The lowest BCUT2D eigenvalue weighted by Gasteiger charge is -2.13. The predicted molar refractivity (Wildman–Crippen MR) is 124 cm³/mol. The van der Waals surface area contributed by atoms with Crippen molar-refractivity contribution in [3.8, 4) is 28.1 Å². The fourth-order valence-electron chi connectivity index (χ4n) is 3.72. The van der Waals surface area contributed by atoms with Gasteiger partial charge in [-0.15, -0.1) is 0 Å². The number of nitrogens with zero attached hydrogens (tertiary/aromatic N) is 3. The maximum absolute atomic E-state index is 13.7. The number of methoxy groups -OCH3 is 1. The van der Waals surface area contributed by atoms with E-state index < -0.39 is 21.7 Å². The highest BCUT2D eigenvalue weighted by atomic mass is 32.2.